The van der Waals surface area contributed by atoms with E-state index < -0.39 is 0 Å². The SMILES string of the molecule is CN(C(=O)C(CN)Cc1ccccc1)c1ccc(F)cc1. The van der Waals surface area contributed by atoms with Gasteiger partial charge in [0.05, 0.1) is 5.92 Å². The molecule has 0 fully saturated rings. The number of hydrogen-bond acceptors (Lipinski definition) is 2. The second-order valence-corrected chi connectivity index (χ2v) is 5.00. The molecule has 0 aliphatic heterocycles. The van der Waals surface area contributed by atoms with Gasteiger partial charge in [-0.25, -0.2) is 4.39 Å². The van der Waals surface area contributed by atoms with Crippen molar-refractivity contribution >= 4 is 11.6 Å². The number of carbonyl (C=O) groups excluding carboxylic acids is 1. The van der Waals surface area contributed by atoms with Gasteiger partial charge in [-0.3, -0.25) is 4.79 Å². The molecule has 0 bridgehead atoms. The fourth-order valence-electron chi connectivity index (χ4n) is 2.24. The molecule has 0 saturated carbocycles. The van der Waals surface area contributed by atoms with Gasteiger partial charge in [0.25, 0.3) is 0 Å². The van der Waals surface area contributed by atoms with E-state index in [1.807, 2.05) is 30.3 Å². The van der Waals surface area contributed by atoms with Crippen LogP contribution in [0.5, 0.6) is 0 Å². The summed E-state index contributed by atoms with van der Waals surface area (Å²) in [5.41, 5.74) is 7.49. The van der Waals surface area contributed by atoms with Crippen molar-refractivity contribution < 1.29 is 9.18 Å². The number of amides is 1. The molecule has 2 rings (SSSR count). The smallest absolute Gasteiger partial charge is 0.231 e. The van der Waals surface area contributed by atoms with Crippen LogP contribution in [0.1, 0.15) is 5.56 Å². The Bertz CT molecular complexity index is 583. The van der Waals surface area contributed by atoms with Gasteiger partial charge in [-0.05, 0) is 36.2 Å². The van der Waals surface area contributed by atoms with Crippen molar-refractivity contribution in [3.05, 3.63) is 66.0 Å². The Morgan fingerprint density at radius 2 is 1.76 bits per heavy atom. The summed E-state index contributed by atoms with van der Waals surface area (Å²) >= 11 is 0. The van der Waals surface area contributed by atoms with Crippen molar-refractivity contribution in [3.8, 4) is 0 Å². The summed E-state index contributed by atoms with van der Waals surface area (Å²) in [5.74, 6) is -0.672. The second kappa shape index (κ2) is 6.99. The molecule has 3 nitrogen and oxygen atoms in total. The number of nitrogens with two attached hydrogens (primary N) is 1. The highest BCUT2D eigenvalue weighted by Gasteiger charge is 2.22. The van der Waals surface area contributed by atoms with Gasteiger partial charge in [0.15, 0.2) is 0 Å². The van der Waals surface area contributed by atoms with E-state index in [2.05, 4.69) is 0 Å². The number of benzene rings is 2. The van der Waals surface area contributed by atoms with Gasteiger partial charge in [-0.2, -0.15) is 0 Å². The molecular formula is C17H19FN2O. The van der Waals surface area contributed by atoms with Gasteiger partial charge in [0.1, 0.15) is 5.82 Å². The third-order valence-corrected chi connectivity index (χ3v) is 3.50. The maximum absolute atomic E-state index is 12.9. The van der Waals surface area contributed by atoms with Crippen LogP contribution in [0, 0.1) is 11.7 Å². The van der Waals surface area contributed by atoms with Gasteiger partial charge in [-0.15, -0.1) is 0 Å². The Kier molecular flexibility index (Phi) is 5.06. The maximum atomic E-state index is 12.9. The Hall–Kier alpha value is -2.20. The highest BCUT2D eigenvalue weighted by Crippen LogP contribution is 2.17. The molecule has 2 aromatic rings. The Morgan fingerprint density at radius 1 is 1.14 bits per heavy atom. The molecular weight excluding hydrogens is 267 g/mol. The molecule has 2 N–H and O–H groups in total. The van der Waals surface area contributed by atoms with Gasteiger partial charge < -0.3 is 10.6 Å². The lowest BCUT2D eigenvalue weighted by Crippen LogP contribution is -2.37. The third-order valence-electron chi connectivity index (χ3n) is 3.50. The van der Waals surface area contributed by atoms with E-state index >= 15 is 0 Å². The van der Waals surface area contributed by atoms with Crippen LogP contribution in [0.15, 0.2) is 54.6 Å². The van der Waals surface area contributed by atoms with E-state index in [0.29, 0.717) is 12.1 Å². The molecule has 0 aromatic heterocycles. The van der Waals surface area contributed by atoms with E-state index in [0.717, 1.165) is 5.56 Å². The summed E-state index contributed by atoms with van der Waals surface area (Å²) < 4.78 is 12.9. The molecule has 1 amide bonds. The molecule has 0 saturated heterocycles. The lowest BCUT2D eigenvalue weighted by molar-refractivity contribution is -0.121. The summed E-state index contributed by atoms with van der Waals surface area (Å²) in [5, 5.41) is 0. The summed E-state index contributed by atoms with van der Waals surface area (Å²) in [6.07, 6.45) is 0.599. The largest absolute Gasteiger partial charge is 0.330 e. The van der Waals surface area contributed by atoms with Crippen LogP contribution in [0.3, 0.4) is 0 Å². The van der Waals surface area contributed by atoms with E-state index in [1.165, 1.54) is 17.0 Å². The number of halogens is 1. The average molecular weight is 286 g/mol. The first-order valence-corrected chi connectivity index (χ1v) is 6.89. The quantitative estimate of drug-likeness (QED) is 0.918. The maximum Gasteiger partial charge on any atom is 0.231 e. The fraction of sp³-hybridized carbons (Fsp3) is 0.235. The summed E-state index contributed by atoms with van der Waals surface area (Å²) in [6, 6.07) is 15.6. The average Bonchev–Trinajstić information content (AvgIpc) is 2.53. The fourth-order valence-corrected chi connectivity index (χ4v) is 2.24. The van der Waals surface area contributed by atoms with E-state index in [9.17, 15) is 9.18 Å². The van der Waals surface area contributed by atoms with Crippen LogP contribution >= 0.6 is 0 Å². The lowest BCUT2D eigenvalue weighted by atomic mass is 9.98. The van der Waals surface area contributed by atoms with Crippen LogP contribution < -0.4 is 10.6 Å². The molecule has 2 aromatic carbocycles. The van der Waals surface area contributed by atoms with Gasteiger partial charge in [0, 0.05) is 19.3 Å². The predicted molar refractivity (Wildman–Crippen MR) is 82.5 cm³/mol. The van der Waals surface area contributed by atoms with E-state index in [4.69, 9.17) is 5.73 Å². The number of carbonyl (C=O) groups is 1. The zero-order valence-corrected chi connectivity index (χ0v) is 12.0. The molecule has 1 atom stereocenters. The predicted octanol–water partition coefficient (Wildman–Crippen LogP) is 2.61. The van der Waals surface area contributed by atoms with Crippen LogP contribution in [0.25, 0.3) is 0 Å². The molecule has 0 heterocycles. The minimum atomic E-state index is -0.320. The van der Waals surface area contributed by atoms with Crippen molar-refractivity contribution in [2.24, 2.45) is 11.7 Å². The summed E-state index contributed by atoms with van der Waals surface area (Å²) in [7, 11) is 1.68. The van der Waals surface area contributed by atoms with Gasteiger partial charge in [0.2, 0.25) is 5.91 Å². The van der Waals surface area contributed by atoms with Crippen molar-refractivity contribution in [1.82, 2.24) is 0 Å². The Labute approximate surface area is 124 Å². The van der Waals surface area contributed by atoms with Crippen LogP contribution in [0.2, 0.25) is 0 Å². The van der Waals surface area contributed by atoms with Crippen molar-refractivity contribution in [1.29, 1.82) is 0 Å². The zero-order valence-electron chi connectivity index (χ0n) is 12.0. The summed E-state index contributed by atoms with van der Waals surface area (Å²) in [6.45, 7) is 0.277. The molecule has 21 heavy (non-hydrogen) atoms. The molecule has 0 aliphatic rings. The van der Waals surface area contributed by atoms with Crippen molar-refractivity contribution in [3.63, 3.8) is 0 Å². The molecule has 4 heteroatoms. The number of anilines is 1. The first-order chi connectivity index (χ1) is 10.1. The van der Waals surface area contributed by atoms with Crippen LogP contribution in [0.4, 0.5) is 10.1 Å². The molecule has 1 unspecified atom stereocenters. The van der Waals surface area contributed by atoms with Crippen LogP contribution in [-0.2, 0) is 11.2 Å². The summed E-state index contributed by atoms with van der Waals surface area (Å²) in [4.78, 5) is 14.0. The standard InChI is InChI=1S/C17H19FN2O/c1-20(16-9-7-15(18)8-10-16)17(21)14(12-19)11-13-5-3-2-4-6-13/h2-10,14H,11-12,19H2,1H3. The first kappa shape index (κ1) is 15.2. The molecule has 0 radical (unpaired) electrons. The second-order valence-electron chi connectivity index (χ2n) is 5.00. The number of hydrogen-bond donors (Lipinski definition) is 1. The normalized spacial score (nSPS) is 12.0. The highest BCUT2D eigenvalue weighted by atomic mass is 19.1. The lowest BCUT2D eigenvalue weighted by Gasteiger charge is -2.23. The molecule has 0 spiro atoms. The van der Waals surface area contributed by atoms with Crippen molar-refractivity contribution in [2.75, 3.05) is 18.5 Å². The Balaban J connectivity index is 2.10. The minimum Gasteiger partial charge on any atom is -0.330 e. The third kappa shape index (κ3) is 3.89. The zero-order chi connectivity index (χ0) is 15.2. The highest BCUT2D eigenvalue weighted by molar-refractivity contribution is 5.94. The van der Waals surface area contributed by atoms with Gasteiger partial charge >= 0.3 is 0 Å². The molecule has 0 aliphatic carbocycles. The molecule has 110 valence electrons. The minimum absolute atomic E-state index is 0.0621. The monoisotopic (exact) mass is 286 g/mol. The first-order valence-electron chi connectivity index (χ1n) is 6.89. The topological polar surface area (TPSA) is 46.3 Å². The number of rotatable bonds is 5. The van der Waals surface area contributed by atoms with Gasteiger partial charge in [-0.1, -0.05) is 30.3 Å². The van der Waals surface area contributed by atoms with E-state index in [-0.39, 0.29) is 24.2 Å². The van der Waals surface area contributed by atoms with Crippen molar-refractivity contribution in [2.45, 2.75) is 6.42 Å². The Morgan fingerprint density at radius 3 is 2.33 bits per heavy atom. The number of nitrogens with zero attached hydrogens (tertiary/aromatic N) is 1. The van der Waals surface area contributed by atoms with Crippen LogP contribution in [-0.4, -0.2) is 19.5 Å². The van der Waals surface area contributed by atoms with E-state index in [1.54, 1.807) is 19.2 Å².